The summed E-state index contributed by atoms with van der Waals surface area (Å²) >= 11 is 5.41. The number of primary amides is 1. The number of amides is 3. The second-order valence-electron chi connectivity index (χ2n) is 6.02. The molecule has 0 aliphatic carbocycles. The third kappa shape index (κ3) is 3.79. The van der Waals surface area contributed by atoms with E-state index >= 15 is 0 Å². The molecular formula is C19H18N4O4S. The second kappa shape index (κ2) is 8.05. The molecule has 1 aliphatic rings. The van der Waals surface area contributed by atoms with Crippen LogP contribution >= 0.6 is 12.2 Å². The van der Waals surface area contributed by atoms with Crippen molar-refractivity contribution >= 4 is 40.7 Å². The van der Waals surface area contributed by atoms with Gasteiger partial charge in [0.05, 0.1) is 19.2 Å². The molecule has 8 nitrogen and oxygen atoms in total. The van der Waals surface area contributed by atoms with Gasteiger partial charge in [0.15, 0.2) is 0 Å². The van der Waals surface area contributed by atoms with Crippen LogP contribution in [0.25, 0.3) is 0 Å². The number of hydrogen-bond acceptors (Lipinski definition) is 5. The van der Waals surface area contributed by atoms with Crippen molar-refractivity contribution in [1.82, 2.24) is 10.4 Å². The molecule has 0 bridgehead atoms. The summed E-state index contributed by atoms with van der Waals surface area (Å²) in [7, 11) is 1.53. The first-order chi connectivity index (χ1) is 13.4. The lowest BCUT2D eigenvalue weighted by molar-refractivity contribution is -0.125. The van der Waals surface area contributed by atoms with Crippen LogP contribution in [0.5, 0.6) is 5.75 Å². The molecule has 1 fully saturated rings. The van der Waals surface area contributed by atoms with Crippen LogP contribution in [0.2, 0.25) is 0 Å². The average molecular weight is 398 g/mol. The Hall–Kier alpha value is -3.46. The summed E-state index contributed by atoms with van der Waals surface area (Å²) in [6, 6.07) is 14.1. The van der Waals surface area contributed by atoms with E-state index in [0.717, 1.165) is 0 Å². The zero-order chi connectivity index (χ0) is 20.3. The van der Waals surface area contributed by atoms with Crippen LogP contribution in [0.1, 0.15) is 16.8 Å². The summed E-state index contributed by atoms with van der Waals surface area (Å²) in [5.74, 6) is -0.981. The highest BCUT2D eigenvalue weighted by atomic mass is 32.1. The maximum absolute atomic E-state index is 12.9. The summed E-state index contributed by atoms with van der Waals surface area (Å²) in [6.45, 7) is 0. The number of methoxy groups -OCH3 is 1. The molecule has 3 amide bonds. The van der Waals surface area contributed by atoms with Gasteiger partial charge in [-0.2, -0.15) is 0 Å². The van der Waals surface area contributed by atoms with Gasteiger partial charge in [-0.15, -0.1) is 0 Å². The lowest BCUT2D eigenvalue weighted by Gasteiger charge is -2.24. The lowest BCUT2D eigenvalue weighted by atomic mass is 10.2. The van der Waals surface area contributed by atoms with Gasteiger partial charge in [-0.3, -0.25) is 24.7 Å². The first kappa shape index (κ1) is 19.3. The predicted molar refractivity (Wildman–Crippen MR) is 106 cm³/mol. The van der Waals surface area contributed by atoms with E-state index in [1.165, 1.54) is 17.0 Å². The minimum Gasteiger partial charge on any atom is -0.497 e. The molecule has 0 saturated carbocycles. The quantitative estimate of drug-likeness (QED) is 0.709. The second-order valence-corrected chi connectivity index (χ2v) is 6.38. The van der Waals surface area contributed by atoms with Crippen LogP contribution in [-0.2, 0) is 9.59 Å². The van der Waals surface area contributed by atoms with E-state index < -0.39 is 23.8 Å². The molecule has 0 radical (unpaired) electrons. The summed E-state index contributed by atoms with van der Waals surface area (Å²) in [5, 5.41) is 1.26. The predicted octanol–water partition coefficient (Wildman–Crippen LogP) is 1.22. The monoisotopic (exact) mass is 398 g/mol. The molecule has 1 heterocycles. The van der Waals surface area contributed by atoms with Crippen LogP contribution in [0, 0.1) is 0 Å². The number of thiocarbonyl (C=S) groups is 1. The fraction of sp³-hybridized carbons (Fsp3) is 0.158. The fourth-order valence-electron chi connectivity index (χ4n) is 2.82. The first-order valence-corrected chi connectivity index (χ1v) is 8.78. The highest BCUT2D eigenvalue weighted by molar-refractivity contribution is 7.80. The Labute approximate surface area is 166 Å². The Kier molecular flexibility index (Phi) is 5.55. The Morgan fingerprint density at radius 2 is 1.79 bits per heavy atom. The van der Waals surface area contributed by atoms with Crippen LogP contribution in [-0.4, -0.2) is 41.0 Å². The number of rotatable bonds is 6. The average Bonchev–Trinajstić information content (AvgIpc) is 2.92. The van der Waals surface area contributed by atoms with Gasteiger partial charge in [-0.25, -0.2) is 5.01 Å². The van der Waals surface area contributed by atoms with Crippen molar-refractivity contribution in [2.75, 3.05) is 12.0 Å². The van der Waals surface area contributed by atoms with E-state index in [-0.39, 0.29) is 11.5 Å². The van der Waals surface area contributed by atoms with Crippen molar-refractivity contribution < 1.29 is 19.1 Å². The molecule has 1 aliphatic heterocycles. The molecule has 9 heteroatoms. The summed E-state index contributed by atoms with van der Waals surface area (Å²) < 4.78 is 5.12. The smallest absolute Gasteiger partial charge is 0.269 e. The molecule has 1 saturated heterocycles. The maximum atomic E-state index is 12.9. The number of nitrogens with one attached hydrogen (secondary N) is 1. The molecule has 3 N–H and O–H groups in total. The number of benzene rings is 2. The van der Waals surface area contributed by atoms with Gasteiger partial charge in [0, 0.05) is 5.56 Å². The maximum Gasteiger partial charge on any atom is 0.269 e. The van der Waals surface area contributed by atoms with Crippen LogP contribution < -0.4 is 20.8 Å². The topological polar surface area (TPSA) is 105 Å². The molecule has 144 valence electrons. The van der Waals surface area contributed by atoms with E-state index in [1.807, 2.05) is 0 Å². The number of nitrogens with two attached hydrogens (primary N) is 1. The van der Waals surface area contributed by atoms with Gasteiger partial charge in [0.1, 0.15) is 11.8 Å². The zero-order valence-electron chi connectivity index (χ0n) is 15.0. The van der Waals surface area contributed by atoms with E-state index in [4.69, 9.17) is 22.7 Å². The molecule has 28 heavy (non-hydrogen) atoms. The molecular weight excluding hydrogens is 380 g/mol. The molecule has 2 aromatic rings. The van der Waals surface area contributed by atoms with Crippen molar-refractivity contribution in [3.63, 3.8) is 0 Å². The minimum atomic E-state index is -1.03. The van der Waals surface area contributed by atoms with E-state index in [9.17, 15) is 14.4 Å². The Bertz CT molecular complexity index is 917. The number of ether oxygens (including phenoxy) is 1. The Balaban J connectivity index is 1.90. The van der Waals surface area contributed by atoms with Gasteiger partial charge in [0.25, 0.3) is 11.8 Å². The number of hydrazine groups is 1. The molecule has 0 spiro atoms. The van der Waals surface area contributed by atoms with Gasteiger partial charge >= 0.3 is 0 Å². The van der Waals surface area contributed by atoms with E-state index in [1.54, 1.807) is 54.6 Å². The van der Waals surface area contributed by atoms with Gasteiger partial charge in [-0.05, 0) is 48.6 Å². The first-order valence-electron chi connectivity index (χ1n) is 8.38. The van der Waals surface area contributed by atoms with Gasteiger partial charge in [-0.1, -0.05) is 18.2 Å². The SMILES string of the molecule is COc1ccc(N2C(=O)[C@H](CC(N)=O)N(NC(=O)c3ccccc3)C2=S)cc1. The lowest BCUT2D eigenvalue weighted by Crippen LogP contribution is -2.49. The number of nitrogens with zero attached hydrogens (tertiary/aromatic N) is 2. The van der Waals surface area contributed by atoms with Gasteiger partial charge < -0.3 is 10.5 Å². The highest BCUT2D eigenvalue weighted by Gasteiger charge is 2.45. The summed E-state index contributed by atoms with van der Waals surface area (Å²) in [5.41, 5.74) is 8.78. The molecule has 0 aromatic heterocycles. The molecule has 2 aromatic carbocycles. The third-order valence-electron chi connectivity index (χ3n) is 4.20. The molecule has 1 atom stereocenters. The Morgan fingerprint density at radius 1 is 1.14 bits per heavy atom. The number of carbonyl (C=O) groups is 3. The summed E-state index contributed by atoms with van der Waals surface area (Å²) in [4.78, 5) is 38.2. The highest BCUT2D eigenvalue weighted by Crippen LogP contribution is 2.27. The standard InChI is InChI=1S/C19H18N4O4S/c1-27-14-9-7-13(8-10-14)22-18(26)15(11-16(20)24)23(19(22)28)21-17(25)12-5-3-2-4-6-12/h2-10,15H,11H2,1H3,(H2,20,24)(H,21,25)/t15-/m0/s1. The zero-order valence-corrected chi connectivity index (χ0v) is 15.8. The fourth-order valence-corrected chi connectivity index (χ4v) is 3.19. The third-order valence-corrected chi connectivity index (χ3v) is 4.58. The molecule has 3 rings (SSSR count). The van der Waals surface area contributed by atoms with Gasteiger partial charge in [0.2, 0.25) is 11.0 Å². The van der Waals surface area contributed by atoms with E-state index in [0.29, 0.717) is 17.0 Å². The van der Waals surface area contributed by atoms with Crippen molar-refractivity contribution in [3.8, 4) is 5.75 Å². The number of carbonyl (C=O) groups excluding carboxylic acids is 3. The van der Waals surface area contributed by atoms with Crippen molar-refractivity contribution in [3.05, 3.63) is 60.2 Å². The van der Waals surface area contributed by atoms with Crippen LogP contribution in [0.3, 0.4) is 0 Å². The Morgan fingerprint density at radius 3 is 2.36 bits per heavy atom. The van der Waals surface area contributed by atoms with Crippen LogP contribution in [0.15, 0.2) is 54.6 Å². The number of hydrogen-bond donors (Lipinski definition) is 2. The summed E-state index contributed by atoms with van der Waals surface area (Å²) in [6.07, 6.45) is -0.291. The largest absolute Gasteiger partial charge is 0.497 e. The normalized spacial score (nSPS) is 16.2. The minimum absolute atomic E-state index is 0.0469. The van der Waals surface area contributed by atoms with E-state index in [2.05, 4.69) is 5.43 Å². The van der Waals surface area contributed by atoms with Crippen molar-refractivity contribution in [1.29, 1.82) is 0 Å². The molecule has 0 unspecified atom stereocenters. The van der Waals surface area contributed by atoms with Crippen molar-refractivity contribution in [2.45, 2.75) is 12.5 Å². The van der Waals surface area contributed by atoms with Crippen molar-refractivity contribution in [2.24, 2.45) is 5.73 Å². The number of anilines is 1. The van der Waals surface area contributed by atoms with Crippen LogP contribution in [0.4, 0.5) is 5.69 Å².